The summed E-state index contributed by atoms with van der Waals surface area (Å²) in [6.07, 6.45) is 2.27. The molecule has 0 heterocycles. The summed E-state index contributed by atoms with van der Waals surface area (Å²) < 4.78 is 17.1. The zero-order valence-electron chi connectivity index (χ0n) is 19.6. The van der Waals surface area contributed by atoms with E-state index in [0.29, 0.717) is 26.2 Å². The topological polar surface area (TPSA) is 68.2 Å². The molecule has 2 aromatic rings. The minimum atomic E-state index is -0.873. The first-order valence-electron chi connectivity index (χ1n) is 11.2. The molecule has 1 fully saturated rings. The van der Waals surface area contributed by atoms with Crippen molar-refractivity contribution in [2.45, 2.75) is 64.1 Å². The van der Waals surface area contributed by atoms with Gasteiger partial charge in [-0.3, -0.25) is 4.90 Å². The second-order valence-electron chi connectivity index (χ2n) is 9.47. The molecule has 6 heteroatoms. The molecule has 3 rings (SSSR count). The van der Waals surface area contributed by atoms with Crippen molar-refractivity contribution in [3.05, 3.63) is 59.7 Å². The van der Waals surface area contributed by atoms with Gasteiger partial charge in [0.2, 0.25) is 0 Å². The highest BCUT2D eigenvalue weighted by molar-refractivity contribution is 5.68. The van der Waals surface area contributed by atoms with E-state index in [1.54, 1.807) is 12.0 Å². The number of ether oxygens (including phenoxy) is 3. The van der Waals surface area contributed by atoms with Crippen molar-refractivity contribution in [2.75, 3.05) is 20.3 Å². The number of benzene rings is 2. The molecule has 1 aliphatic carbocycles. The Morgan fingerprint density at radius 2 is 1.66 bits per heavy atom. The normalized spacial score (nSPS) is 14.6. The van der Waals surface area contributed by atoms with Crippen molar-refractivity contribution >= 4 is 6.09 Å². The van der Waals surface area contributed by atoms with Crippen molar-refractivity contribution in [1.29, 1.82) is 0 Å². The summed E-state index contributed by atoms with van der Waals surface area (Å²) in [7, 11) is 1.68. The van der Waals surface area contributed by atoms with E-state index in [1.165, 1.54) is 0 Å². The largest absolute Gasteiger partial charge is 0.493 e. The summed E-state index contributed by atoms with van der Waals surface area (Å²) in [4.78, 5) is 13.7. The van der Waals surface area contributed by atoms with Crippen LogP contribution >= 0.6 is 0 Å². The van der Waals surface area contributed by atoms with Crippen LogP contribution in [0.4, 0.5) is 4.79 Å². The summed E-state index contributed by atoms with van der Waals surface area (Å²) in [5, 5.41) is 9.91. The van der Waals surface area contributed by atoms with Crippen LogP contribution in [0.3, 0.4) is 0 Å². The predicted molar refractivity (Wildman–Crippen MR) is 124 cm³/mol. The quantitative estimate of drug-likeness (QED) is 0.464. The lowest BCUT2D eigenvalue weighted by molar-refractivity contribution is 0.0606. The monoisotopic (exact) mass is 441 g/mol. The lowest BCUT2D eigenvalue weighted by atomic mass is 9.96. The van der Waals surface area contributed by atoms with Gasteiger partial charge in [-0.05, 0) is 63.3 Å². The van der Waals surface area contributed by atoms with Crippen LogP contribution < -0.4 is 9.47 Å². The van der Waals surface area contributed by atoms with E-state index in [-0.39, 0.29) is 5.54 Å². The van der Waals surface area contributed by atoms with E-state index in [1.807, 2.05) is 69.3 Å². The third kappa shape index (κ3) is 6.39. The van der Waals surface area contributed by atoms with E-state index in [4.69, 9.17) is 14.2 Å². The molecular formula is C26H35NO5. The lowest BCUT2D eigenvalue weighted by Crippen LogP contribution is -2.53. The molecule has 0 unspecified atom stereocenters. The molecular weight excluding hydrogens is 406 g/mol. The van der Waals surface area contributed by atoms with Gasteiger partial charge in [0.25, 0.3) is 0 Å². The van der Waals surface area contributed by atoms with Gasteiger partial charge >= 0.3 is 6.09 Å². The maximum absolute atomic E-state index is 12.1. The molecule has 1 saturated carbocycles. The number of hydrogen-bond acceptors (Lipinski definition) is 4. The third-order valence-corrected chi connectivity index (χ3v) is 5.65. The van der Waals surface area contributed by atoms with Crippen LogP contribution in [0.5, 0.6) is 11.5 Å². The average Bonchev–Trinajstić information content (AvgIpc) is 3.48. The molecule has 0 atom stereocenters. The lowest BCUT2D eigenvalue weighted by Gasteiger charge is -2.40. The summed E-state index contributed by atoms with van der Waals surface area (Å²) in [5.41, 5.74) is 1.26. The highest BCUT2D eigenvalue weighted by atomic mass is 16.5. The van der Waals surface area contributed by atoms with Gasteiger partial charge < -0.3 is 19.3 Å². The minimum absolute atomic E-state index is 0.380. The van der Waals surface area contributed by atoms with Crippen LogP contribution in [0, 0.1) is 0 Å². The molecule has 2 aromatic carbocycles. The molecule has 0 radical (unpaired) electrons. The predicted octanol–water partition coefficient (Wildman–Crippen LogP) is 5.53. The zero-order valence-corrected chi connectivity index (χ0v) is 19.6. The maximum Gasteiger partial charge on any atom is 0.408 e. The van der Waals surface area contributed by atoms with Crippen LogP contribution in [0.15, 0.2) is 48.5 Å². The Balaban J connectivity index is 1.80. The van der Waals surface area contributed by atoms with Crippen molar-refractivity contribution in [1.82, 2.24) is 4.90 Å². The molecule has 32 heavy (non-hydrogen) atoms. The fraction of sp³-hybridized carbons (Fsp3) is 0.500. The number of carbonyl (C=O) groups is 1. The van der Waals surface area contributed by atoms with E-state index in [2.05, 4.69) is 0 Å². The number of hydrogen-bond donors (Lipinski definition) is 1. The van der Waals surface area contributed by atoms with Gasteiger partial charge in [0.1, 0.15) is 18.1 Å². The van der Waals surface area contributed by atoms with Crippen molar-refractivity contribution in [3.8, 4) is 11.5 Å². The Kier molecular flexibility index (Phi) is 7.67. The smallest absolute Gasteiger partial charge is 0.408 e. The Morgan fingerprint density at radius 3 is 2.22 bits per heavy atom. The highest BCUT2D eigenvalue weighted by Gasteiger charge is 2.54. The molecule has 6 nitrogen and oxygen atoms in total. The second-order valence-corrected chi connectivity index (χ2v) is 9.47. The van der Waals surface area contributed by atoms with E-state index in [9.17, 15) is 9.90 Å². The van der Waals surface area contributed by atoms with Crippen LogP contribution in [0.1, 0.15) is 51.2 Å². The number of nitrogens with zero attached hydrogens (tertiary/aromatic N) is 1. The number of rotatable bonds is 11. The number of amides is 1. The van der Waals surface area contributed by atoms with Gasteiger partial charge in [0, 0.05) is 31.7 Å². The van der Waals surface area contributed by atoms with Crippen LogP contribution in [-0.4, -0.2) is 47.5 Å². The summed E-state index contributed by atoms with van der Waals surface area (Å²) in [5.74, 6) is 1.46. The van der Waals surface area contributed by atoms with Gasteiger partial charge in [-0.1, -0.05) is 30.3 Å². The average molecular weight is 442 g/mol. The molecule has 1 aliphatic rings. The highest BCUT2D eigenvalue weighted by Crippen LogP contribution is 2.48. The van der Waals surface area contributed by atoms with Crippen molar-refractivity contribution in [3.63, 3.8) is 0 Å². The first kappa shape index (κ1) is 23.9. The standard InChI is InChI=1S/C26H35NO5/c1-25(2,3)27(24(28)29)26(11-12-26)18-21-15-22(31-14-8-13-30-4)17-23(16-21)32-19-20-9-6-5-7-10-20/h5-7,9-10,15-17H,8,11-14,18-19H2,1-4H3,(H,28,29). The molecule has 0 aromatic heterocycles. The third-order valence-electron chi connectivity index (χ3n) is 5.65. The second kappa shape index (κ2) is 10.3. The molecule has 0 bridgehead atoms. The van der Waals surface area contributed by atoms with E-state index in [0.717, 1.165) is 41.9 Å². The Bertz CT molecular complexity index is 887. The molecule has 0 spiro atoms. The zero-order chi connectivity index (χ0) is 23.2. The minimum Gasteiger partial charge on any atom is -0.493 e. The summed E-state index contributed by atoms with van der Waals surface area (Å²) in [6, 6.07) is 15.9. The van der Waals surface area contributed by atoms with E-state index < -0.39 is 11.6 Å². The maximum atomic E-state index is 12.1. The van der Waals surface area contributed by atoms with Crippen molar-refractivity contribution < 1.29 is 24.1 Å². The Labute approximate surface area is 191 Å². The Hall–Kier alpha value is -2.73. The first-order chi connectivity index (χ1) is 15.2. The van der Waals surface area contributed by atoms with Gasteiger partial charge in [0.05, 0.1) is 12.1 Å². The van der Waals surface area contributed by atoms with Crippen molar-refractivity contribution in [2.24, 2.45) is 0 Å². The molecule has 1 amide bonds. The number of carboxylic acid groups (broad SMARTS) is 1. The molecule has 1 N–H and O–H groups in total. The molecule has 174 valence electrons. The summed E-state index contributed by atoms with van der Waals surface area (Å²) in [6.45, 7) is 7.49. The van der Waals surface area contributed by atoms with Crippen LogP contribution in [0.25, 0.3) is 0 Å². The van der Waals surface area contributed by atoms with Gasteiger partial charge in [-0.2, -0.15) is 0 Å². The van der Waals surface area contributed by atoms with Crippen LogP contribution in [-0.2, 0) is 17.8 Å². The number of methoxy groups -OCH3 is 1. The molecule has 0 saturated heterocycles. The first-order valence-corrected chi connectivity index (χ1v) is 11.2. The SMILES string of the molecule is COCCCOc1cc(CC2(N(C(=O)O)C(C)(C)C)CC2)cc(OCc2ccccc2)c1. The van der Waals surface area contributed by atoms with Gasteiger partial charge in [-0.25, -0.2) is 4.79 Å². The fourth-order valence-electron chi connectivity index (χ4n) is 4.24. The Morgan fingerprint density at radius 1 is 1.00 bits per heavy atom. The summed E-state index contributed by atoms with van der Waals surface area (Å²) >= 11 is 0. The van der Waals surface area contributed by atoms with Crippen LogP contribution in [0.2, 0.25) is 0 Å². The van der Waals surface area contributed by atoms with Gasteiger partial charge in [0.15, 0.2) is 0 Å². The van der Waals surface area contributed by atoms with E-state index >= 15 is 0 Å². The fourth-order valence-corrected chi connectivity index (χ4v) is 4.24. The van der Waals surface area contributed by atoms with Gasteiger partial charge in [-0.15, -0.1) is 0 Å². The molecule has 0 aliphatic heterocycles.